The van der Waals surface area contributed by atoms with E-state index in [2.05, 4.69) is 10.6 Å². The van der Waals surface area contributed by atoms with Crippen LogP contribution in [0.5, 0.6) is 0 Å². The topological polar surface area (TPSA) is 75.3 Å². The predicted molar refractivity (Wildman–Crippen MR) is 118 cm³/mol. The molecule has 0 bridgehead atoms. The van der Waals surface area contributed by atoms with Crippen molar-refractivity contribution in [2.75, 3.05) is 0 Å². The van der Waals surface area contributed by atoms with Crippen LogP contribution >= 0.6 is 0 Å². The minimum absolute atomic E-state index is 0.136. The number of nitrogens with one attached hydrogen (secondary N) is 2. The molecule has 5 heteroatoms. The monoisotopic (exact) mass is 402 g/mol. The molecule has 0 aliphatic heterocycles. The lowest BCUT2D eigenvalue weighted by Gasteiger charge is -2.22. The molecule has 0 radical (unpaired) electrons. The lowest BCUT2D eigenvalue weighted by molar-refractivity contribution is -0.130. The molecule has 5 nitrogen and oxygen atoms in total. The van der Waals surface area contributed by atoms with E-state index in [1.54, 1.807) is 0 Å². The van der Waals surface area contributed by atoms with Crippen molar-refractivity contribution in [3.63, 3.8) is 0 Å². The third kappa shape index (κ3) is 5.32. The third-order valence-electron chi connectivity index (χ3n) is 5.05. The van der Waals surface area contributed by atoms with Crippen LogP contribution in [0.3, 0.4) is 0 Å². The number of amides is 2. The van der Waals surface area contributed by atoms with Gasteiger partial charge >= 0.3 is 0 Å². The van der Waals surface area contributed by atoms with E-state index < -0.39 is 18.0 Å². The maximum absolute atomic E-state index is 13.1. The highest BCUT2D eigenvalue weighted by Gasteiger charge is 2.26. The number of fused-ring (bicyclic) bond motifs is 1. The fraction of sp³-hybridized carbons (Fsp3) is 0.240. The first kappa shape index (κ1) is 21.2. The van der Waals surface area contributed by atoms with E-state index in [9.17, 15) is 14.4 Å². The Morgan fingerprint density at radius 3 is 2.20 bits per heavy atom. The molecule has 0 aliphatic rings. The molecule has 2 N–H and O–H groups in total. The van der Waals surface area contributed by atoms with Crippen LogP contribution in [0.15, 0.2) is 66.7 Å². The summed E-state index contributed by atoms with van der Waals surface area (Å²) in [6.45, 7) is 4.84. The van der Waals surface area contributed by atoms with Crippen LogP contribution in [0.25, 0.3) is 10.8 Å². The molecule has 0 saturated carbocycles. The number of carbonyl (C=O) groups excluding carboxylic acids is 3. The molecule has 3 aromatic rings. The Hall–Kier alpha value is -3.47. The minimum Gasteiger partial charge on any atom is -0.344 e. The van der Waals surface area contributed by atoms with Gasteiger partial charge in [0.1, 0.15) is 6.04 Å². The van der Waals surface area contributed by atoms with Crippen molar-refractivity contribution < 1.29 is 14.4 Å². The molecule has 2 atom stereocenters. The van der Waals surface area contributed by atoms with Gasteiger partial charge in [-0.15, -0.1) is 0 Å². The van der Waals surface area contributed by atoms with Gasteiger partial charge < -0.3 is 10.6 Å². The van der Waals surface area contributed by atoms with Gasteiger partial charge in [0.15, 0.2) is 5.78 Å². The van der Waals surface area contributed by atoms with Crippen LogP contribution in [0.2, 0.25) is 0 Å². The average molecular weight is 402 g/mol. The molecule has 0 heterocycles. The number of aryl methyl sites for hydroxylation is 1. The number of ketones is 1. The molecular formula is C25H26N2O3. The van der Waals surface area contributed by atoms with Gasteiger partial charge in [0.05, 0.1) is 6.04 Å². The quantitative estimate of drug-likeness (QED) is 0.634. The summed E-state index contributed by atoms with van der Waals surface area (Å²) in [5.74, 6) is -0.863. The molecule has 0 fully saturated rings. The summed E-state index contributed by atoms with van der Waals surface area (Å²) in [4.78, 5) is 37.1. The summed E-state index contributed by atoms with van der Waals surface area (Å²) >= 11 is 0. The number of carbonyl (C=O) groups is 3. The van der Waals surface area contributed by atoms with Gasteiger partial charge in [-0.25, -0.2) is 0 Å². The highest BCUT2D eigenvalue weighted by Crippen LogP contribution is 2.22. The predicted octanol–water partition coefficient (Wildman–Crippen LogP) is 3.64. The van der Waals surface area contributed by atoms with Gasteiger partial charge in [0.25, 0.3) is 0 Å². The van der Waals surface area contributed by atoms with E-state index in [-0.39, 0.29) is 11.7 Å². The second-order valence-electron chi connectivity index (χ2n) is 7.61. The summed E-state index contributed by atoms with van der Waals surface area (Å²) < 4.78 is 0. The summed E-state index contributed by atoms with van der Waals surface area (Å²) in [6, 6.07) is 19.7. The molecule has 30 heavy (non-hydrogen) atoms. The summed E-state index contributed by atoms with van der Waals surface area (Å²) in [6.07, 6.45) is 0.394. The van der Waals surface area contributed by atoms with E-state index >= 15 is 0 Å². The molecule has 0 spiro atoms. The zero-order valence-electron chi connectivity index (χ0n) is 17.4. The van der Waals surface area contributed by atoms with Crippen molar-refractivity contribution in [2.45, 2.75) is 39.3 Å². The Bertz CT molecular complexity index is 1080. The largest absolute Gasteiger partial charge is 0.344 e. The smallest absolute Gasteiger partial charge is 0.247 e. The zero-order valence-corrected chi connectivity index (χ0v) is 17.4. The molecule has 154 valence electrons. The second-order valence-corrected chi connectivity index (χ2v) is 7.61. The fourth-order valence-electron chi connectivity index (χ4n) is 3.47. The van der Waals surface area contributed by atoms with Gasteiger partial charge in [-0.1, -0.05) is 66.2 Å². The van der Waals surface area contributed by atoms with Crippen molar-refractivity contribution in [3.8, 4) is 0 Å². The van der Waals surface area contributed by atoms with E-state index in [1.807, 2.05) is 73.7 Å². The minimum atomic E-state index is -0.884. The Labute approximate surface area is 176 Å². The first-order valence-electron chi connectivity index (χ1n) is 9.95. The van der Waals surface area contributed by atoms with Gasteiger partial charge in [-0.3, -0.25) is 14.4 Å². The number of rotatable bonds is 7. The van der Waals surface area contributed by atoms with Crippen molar-refractivity contribution >= 4 is 28.4 Å². The fourth-order valence-corrected chi connectivity index (χ4v) is 3.47. The molecule has 3 rings (SSSR count). The Kier molecular flexibility index (Phi) is 6.62. The molecule has 3 aromatic carbocycles. The number of hydrogen-bond acceptors (Lipinski definition) is 3. The zero-order chi connectivity index (χ0) is 21.7. The Balaban J connectivity index is 1.87. The SMILES string of the molecule is CC(=O)NC(C(=O)NC(Cc1ccccc1)C(C)=O)c1ccc2ccc(C)cc2c1. The van der Waals surface area contributed by atoms with Crippen LogP contribution in [0.4, 0.5) is 0 Å². The van der Waals surface area contributed by atoms with Gasteiger partial charge in [0, 0.05) is 6.92 Å². The van der Waals surface area contributed by atoms with Crippen molar-refractivity contribution in [1.29, 1.82) is 0 Å². The van der Waals surface area contributed by atoms with Gasteiger partial charge in [0.2, 0.25) is 11.8 Å². The normalized spacial score (nSPS) is 12.8. The summed E-state index contributed by atoms with van der Waals surface area (Å²) in [5, 5.41) is 7.59. The van der Waals surface area contributed by atoms with E-state index in [0.717, 1.165) is 21.9 Å². The molecule has 0 aromatic heterocycles. The number of benzene rings is 3. The Morgan fingerprint density at radius 1 is 0.833 bits per heavy atom. The third-order valence-corrected chi connectivity index (χ3v) is 5.05. The lowest BCUT2D eigenvalue weighted by Crippen LogP contribution is -2.47. The summed E-state index contributed by atoms with van der Waals surface area (Å²) in [7, 11) is 0. The highest BCUT2D eigenvalue weighted by atomic mass is 16.2. The van der Waals surface area contributed by atoms with E-state index in [4.69, 9.17) is 0 Å². The molecule has 2 amide bonds. The van der Waals surface area contributed by atoms with Crippen LogP contribution in [-0.4, -0.2) is 23.6 Å². The van der Waals surface area contributed by atoms with E-state index in [1.165, 1.54) is 13.8 Å². The number of Topliss-reactive ketones (excluding diaryl/α,β-unsaturated/α-hetero) is 1. The first-order valence-corrected chi connectivity index (χ1v) is 9.95. The first-order chi connectivity index (χ1) is 14.3. The Morgan fingerprint density at radius 2 is 1.53 bits per heavy atom. The van der Waals surface area contributed by atoms with Crippen LogP contribution in [-0.2, 0) is 20.8 Å². The van der Waals surface area contributed by atoms with Crippen molar-refractivity contribution in [1.82, 2.24) is 10.6 Å². The molecule has 0 aliphatic carbocycles. The molecular weight excluding hydrogens is 376 g/mol. The number of hydrogen-bond donors (Lipinski definition) is 2. The molecule has 0 saturated heterocycles. The second kappa shape index (κ2) is 9.35. The van der Waals surface area contributed by atoms with Crippen molar-refractivity contribution in [2.24, 2.45) is 0 Å². The standard InChI is InChI=1S/C25H26N2O3/c1-16-9-10-20-11-12-21(15-22(20)13-16)24(26-18(3)29)25(30)27-23(17(2)28)14-19-7-5-4-6-8-19/h4-13,15,23-24H,14H2,1-3H3,(H,26,29)(H,27,30). The highest BCUT2D eigenvalue weighted by molar-refractivity contribution is 5.93. The van der Waals surface area contributed by atoms with Crippen molar-refractivity contribution in [3.05, 3.63) is 83.4 Å². The average Bonchev–Trinajstić information content (AvgIpc) is 2.71. The van der Waals surface area contributed by atoms with Crippen LogP contribution in [0, 0.1) is 6.92 Å². The maximum Gasteiger partial charge on any atom is 0.247 e. The van der Waals surface area contributed by atoms with Gasteiger partial charge in [-0.05, 0) is 48.2 Å². The lowest BCUT2D eigenvalue weighted by atomic mass is 9.98. The van der Waals surface area contributed by atoms with Crippen LogP contribution < -0.4 is 10.6 Å². The summed E-state index contributed by atoms with van der Waals surface area (Å²) in [5.41, 5.74) is 2.73. The van der Waals surface area contributed by atoms with Crippen LogP contribution in [0.1, 0.15) is 36.6 Å². The van der Waals surface area contributed by atoms with E-state index in [0.29, 0.717) is 12.0 Å². The van der Waals surface area contributed by atoms with Gasteiger partial charge in [-0.2, -0.15) is 0 Å². The maximum atomic E-state index is 13.1. The molecule has 2 unspecified atom stereocenters.